The lowest BCUT2D eigenvalue weighted by atomic mass is 10.4. The predicted molar refractivity (Wildman–Crippen MR) is 52.7 cm³/mol. The summed E-state index contributed by atoms with van der Waals surface area (Å²) in [5, 5.41) is 1.16. The van der Waals surface area contributed by atoms with E-state index in [1.54, 1.807) is 12.1 Å². The molecule has 0 heterocycles. The summed E-state index contributed by atoms with van der Waals surface area (Å²) in [6, 6.07) is 5.34. The first-order valence-corrected chi connectivity index (χ1v) is 3.85. The molecule has 1 aromatic carbocycles. The Bertz CT molecular complexity index is 227. The van der Waals surface area contributed by atoms with Crippen LogP contribution in [0.5, 0.6) is 0 Å². The minimum absolute atomic E-state index is 0. The van der Waals surface area contributed by atoms with Gasteiger partial charge in [-0.1, -0.05) is 39.1 Å². The molecule has 0 saturated heterocycles. The highest BCUT2D eigenvalue weighted by molar-refractivity contribution is 9.10. The van der Waals surface area contributed by atoms with Crippen molar-refractivity contribution in [2.24, 2.45) is 0 Å². The molecule has 4 heteroatoms. The Morgan fingerprint density at radius 1 is 1.10 bits per heavy atom. The maximum absolute atomic E-state index is 5.65. The van der Waals surface area contributed by atoms with Crippen molar-refractivity contribution in [1.29, 1.82) is 0 Å². The zero-order valence-corrected chi connectivity index (χ0v) is 7.46. The third-order valence-electron chi connectivity index (χ3n) is 0.882. The van der Waals surface area contributed by atoms with Crippen LogP contribution in [0.3, 0.4) is 0 Å². The third-order valence-corrected chi connectivity index (χ3v) is 2.11. The molecule has 0 fully saturated rings. The largest absolute Gasteiger partial charge is 0.316 e. The van der Waals surface area contributed by atoms with Crippen LogP contribution in [-0.4, -0.2) is 23.1 Å². The van der Waals surface area contributed by atoms with Crippen molar-refractivity contribution >= 4 is 62.2 Å². The van der Waals surface area contributed by atoms with Crippen LogP contribution in [0.15, 0.2) is 22.7 Å². The maximum atomic E-state index is 5.65. The lowest BCUT2D eigenvalue weighted by Crippen LogP contribution is -1.66. The molecule has 0 saturated carbocycles. The van der Waals surface area contributed by atoms with Gasteiger partial charge in [0.25, 0.3) is 0 Å². The zero-order chi connectivity index (χ0) is 6.85. The van der Waals surface area contributed by atoms with Crippen molar-refractivity contribution in [1.82, 2.24) is 0 Å². The highest BCUT2D eigenvalue weighted by atomic mass is 79.9. The molecule has 0 aliphatic heterocycles. The Hall–Kier alpha value is 1.05. The van der Waals surface area contributed by atoms with E-state index in [-0.39, 0.29) is 23.1 Å². The lowest BCUT2D eigenvalue weighted by molar-refractivity contribution is 1.65. The first-order valence-electron chi connectivity index (χ1n) is 2.30. The van der Waals surface area contributed by atoms with Gasteiger partial charge in [-0.05, 0) is 18.2 Å². The molecule has 0 aliphatic rings. The van der Waals surface area contributed by atoms with Crippen molar-refractivity contribution in [3.05, 3.63) is 32.7 Å². The van der Waals surface area contributed by atoms with Gasteiger partial charge in [0.1, 0.15) is 0 Å². The Labute approximate surface area is 94.2 Å². The zero-order valence-electron chi connectivity index (χ0n) is 4.37. The SMILES string of the molecule is Clc1ccc(Br)cc1Cl.[MgH2]. The van der Waals surface area contributed by atoms with Crippen LogP contribution in [0.4, 0.5) is 0 Å². The minimum atomic E-state index is 0. The molecule has 1 rings (SSSR count). The number of rotatable bonds is 0. The maximum Gasteiger partial charge on any atom is 0.316 e. The topological polar surface area (TPSA) is 0 Å². The number of halogens is 3. The van der Waals surface area contributed by atoms with Gasteiger partial charge in [-0.15, -0.1) is 0 Å². The van der Waals surface area contributed by atoms with Crippen LogP contribution < -0.4 is 0 Å². The Morgan fingerprint density at radius 2 is 1.70 bits per heavy atom. The van der Waals surface area contributed by atoms with Gasteiger partial charge in [0.15, 0.2) is 0 Å². The Kier molecular flexibility index (Phi) is 5.34. The predicted octanol–water partition coefficient (Wildman–Crippen LogP) is 2.84. The van der Waals surface area contributed by atoms with E-state index in [1.807, 2.05) is 6.07 Å². The average Bonchev–Trinajstić information content (AvgIpc) is 1.80. The molecule has 0 aromatic heterocycles. The van der Waals surface area contributed by atoms with Crippen LogP contribution in [0.1, 0.15) is 0 Å². The summed E-state index contributed by atoms with van der Waals surface area (Å²) in [5.41, 5.74) is 0. The fourth-order valence-electron chi connectivity index (χ4n) is 0.470. The summed E-state index contributed by atoms with van der Waals surface area (Å²) in [5.74, 6) is 0. The normalized spacial score (nSPS) is 8.70. The quantitative estimate of drug-likeness (QED) is 0.492. The summed E-state index contributed by atoms with van der Waals surface area (Å²) >= 11 is 14.5. The second-order valence-electron chi connectivity index (χ2n) is 1.56. The molecular weight excluding hydrogens is 247 g/mol. The molecule has 0 aliphatic carbocycles. The van der Waals surface area contributed by atoms with Gasteiger partial charge in [0.2, 0.25) is 0 Å². The average molecular weight is 252 g/mol. The molecule has 1 aromatic rings. The molecule has 0 bridgehead atoms. The lowest BCUT2D eigenvalue weighted by Gasteiger charge is -1.93. The third kappa shape index (κ3) is 2.97. The van der Waals surface area contributed by atoms with E-state index < -0.39 is 0 Å². The molecule has 0 amide bonds. The Balaban J connectivity index is 0.000000810. The second kappa shape index (κ2) is 4.83. The number of hydrogen-bond donors (Lipinski definition) is 0. The molecule has 0 spiro atoms. The summed E-state index contributed by atoms with van der Waals surface area (Å²) in [4.78, 5) is 0. The summed E-state index contributed by atoms with van der Waals surface area (Å²) in [7, 11) is 0. The minimum Gasteiger partial charge on any atom is -0.0827 e. The van der Waals surface area contributed by atoms with Gasteiger partial charge in [-0.2, -0.15) is 0 Å². The van der Waals surface area contributed by atoms with E-state index in [2.05, 4.69) is 15.9 Å². The highest BCUT2D eigenvalue weighted by Gasteiger charge is 1.94. The first-order chi connectivity index (χ1) is 4.20. The van der Waals surface area contributed by atoms with Crippen LogP contribution in [0, 0.1) is 0 Å². The second-order valence-corrected chi connectivity index (χ2v) is 3.29. The fraction of sp³-hybridized carbons (Fsp3) is 0. The molecular formula is C6H5BrCl2Mg. The van der Waals surface area contributed by atoms with E-state index in [4.69, 9.17) is 23.2 Å². The molecule has 10 heavy (non-hydrogen) atoms. The van der Waals surface area contributed by atoms with Crippen LogP contribution in [-0.2, 0) is 0 Å². The monoisotopic (exact) mass is 250 g/mol. The van der Waals surface area contributed by atoms with E-state index in [9.17, 15) is 0 Å². The summed E-state index contributed by atoms with van der Waals surface area (Å²) in [6.07, 6.45) is 0. The van der Waals surface area contributed by atoms with Gasteiger partial charge in [-0.3, -0.25) is 0 Å². The van der Waals surface area contributed by atoms with E-state index >= 15 is 0 Å². The van der Waals surface area contributed by atoms with Gasteiger partial charge in [-0.25, -0.2) is 0 Å². The standard InChI is InChI=1S/C6H3BrCl2.Mg.2H/c7-4-1-2-5(8)6(9)3-4;;;/h1-3H;;;. The van der Waals surface area contributed by atoms with Crippen LogP contribution in [0.25, 0.3) is 0 Å². The van der Waals surface area contributed by atoms with Gasteiger partial charge < -0.3 is 0 Å². The van der Waals surface area contributed by atoms with E-state index in [1.165, 1.54) is 0 Å². The van der Waals surface area contributed by atoms with Crippen molar-refractivity contribution in [2.75, 3.05) is 0 Å². The summed E-state index contributed by atoms with van der Waals surface area (Å²) in [6.45, 7) is 0. The molecule has 0 radical (unpaired) electrons. The molecule has 52 valence electrons. The van der Waals surface area contributed by atoms with Crippen molar-refractivity contribution < 1.29 is 0 Å². The fourth-order valence-corrected chi connectivity index (χ4v) is 1.26. The van der Waals surface area contributed by atoms with Crippen molar-refractivity contribution in [3.63, 3.8) is 0 Å². The van der Waals surface area contributed by atoms with E-state index in [0.29, 0.717) is 10.0 Å². The van der Waals surface area contributed by atoms with Crippen LogP contribution >= 0.6 is 39.1 Å². The smallest absolute Gasteiger partial charge is 0.0827 e. The van der Waals surface area contributed by atoms with Gasteiger partial charge in [0, 0.05) is 4.47 Å². The number of benzene rings is 1. The molecule has 0 atom stereocenters. The van der Waals surface area contributed by atoms with Crippen molar-refractivity contribution in [2.45, 2.75) is 0 Å². The summed E-state index contributed by atoms with van der Waals surface area (Å²) < 4.78 is 0.942. The molecule has 0 nitrogen and oxygen atoms in total. The van der Waals surface area contributed by atoms with Gasteiger partial charge >= 0.3 is 23.1 Å². The van der Waals surface area contributed by atoms with Crippen LogP contribution in [0.2, 0.25) is 10.0 Å². The highest BCUT2D eigenvalue weighted by Crippen LogP contribution is 2.24. The first kappa shape index (κ1) is 11.0. The van der Waals surface area contributed by atoms with Crippen molar-refractivity contribution in [3.8, 4) is 0 Å². The Morgan fingerprint density at radius 3 is 2.10 bits per heavy atom. The molecule has 0 N–H and O–H groups in total. The van der Waals surface area contributed by atoms with E-state index in [0.717, 1.165) is 4.47 Å². The van der Waals surface area contributed by atoms with Gasteiger partial charge in [0.05, 0.1) is 10.0 Å². The molecule has 0 unspecified atom stereocenters. The number of hydrogen-bond acceptors (Lipinski definition) is 0.